The fourth-order valence-electron chi connectivity index (χ4n) is 3.94. The van der Waals surface area contributed by atoms with E-state index in [-0.39, 0.29) is 24.4 Å². The Labute approximate surface area is 185 Å². The molecule has 3 aromatic rings. The summed E-state index contributed by atoms with van der Waals surface area (Å²) in [6, 6.07) is 7.97. The summed E-state index contributed by atoms with van der Waals surface area (Å²) >= 11 is 0. The predicted molar refractivity (Wildman–Crippen MR) is 118 cm³/mol. The second-order valence-electron chi connectivity index (χ2n) is 7.86. The van der Waals surface area contributed by atoms with Crippen molar-refractivity contribution in [2.45, 2.75) is 32.4 Å². The van der Waals surface area contributed by atoms with Crippen LogP contribution in [-0.4, -0.2) is 58.3 Å². The van der Waals surface area contributed by atoms with Gasteiger partial charge < -0.3 is 24.8 Å². The van der Waals surface area contributed by atoms with Gasteiger partial charge in [-0.15, -0.1) is 0 Å². The fraction of sp³-hybridized carbons (Fsp3) is 0.348. The van der Waals surface area contributed by atoms with E-state index in [1.54, 1.807) is 43.2 Å². The number of carbonyl (C=O) groups excluding carboxylic acids is 1. The first kappa shape index (κ1) is 21.8. The van der Waals surface area contributed by atoms with Crippen LogP contribution in [0, 0.1) is 12.7 Å². The number of benzene rings is 2. The highest BCUT2D eigenvalue weighted by Gasteiger charge is 2.33. The van der Waals surface area contributed by atoms with Gasteiger partial charge in [-0.1, -0.05) is 0 Å². The van der Waals surface area contributed by atoms with Gasteiger partial charge in [-0.3, -0.25) is 4.79 Å². The number of ether oxygens (including phenoxy) is 2. The van der Waals surface area contributed by atoms with Crippen molar-refractivity contribution in [2.24, 2.45) is 0 Å². The van der Waals surface area contributed by atoms with E-state index in [9.17, 15) is 14.3 Å². The van der Waals surface area contributed by atoms with Gasteiger partial charge in [-0.05, 0) is 37.1 Å². The number of nitrogens with zero attached hydrogens (tertiary/aromatic N) is 3. The van der Waals surface area contributed by atoms with Crippen LogP contribution >= 0.6 is 0 Å². The van der Waals surface area contributed by atoms with Crippen LogP contribution in [-0.2, 0) is 4.79 Å². The van der Waals surface area contributed by atoms with E-state index in [1.807, 2.05) is 0 Å². The molecule has 1 saturated heterocycles. The van der Waals surface area contributed by atoms with E-state index in [0.717, 1.165) is 0 Å². The van der Waals surface area contributed by atoms with Gasteiger partial charge in [0.1, 0.15) is 36.1 Å². The van der Waals surface area contributed by atoms with Crippen molar-refractivity contribution in [2.75, 3.05) is 25.6 Å². The number of fused-ring (bicyclic) bond motifs is 1. The molecule has 0 saturated carbocycles. The second-order valence-corrected chi connectivity index (χ2v) is 7.86. The number of carbonyl (C=O) groups is 1. The lowest BCUT2D eigenvalue weighted by Gasteiger charge is -2.23. The van der Waals surface area contributed by atoms with Crippen molar-refractivity contribution in [1.82, 2.24) is 14.9 Å². The molecule has 0 bridgehead atoms. The van der Waals surface area contributed by atoms with Gasteiger partial charge in [0.15, 0.2) is 0 Å². The number of nitrogens with one attached hydrogen (secondary N) is 1. The third-order valence-electron chi connectivity index (χ3n) is 5.56. The van der Waals surface area contributed by atoms with E-state index in [0.29, 0.717) is 52.4 Å². The van der Waals surface area contributed by atoms with Gasteiger partial charge in [-0.25, -0.2) is 14.4 Å². The summed E-state index contributed by atoms with van der Waals surface area (Å²) in [7, 11) is 1.55. The van der Waals surface area contributed by atoms with Crippen LogP contribution in [0.1, 0.15) is 18.9 Å². The zero-order chi connectivity index (χ0) is 22.8. The molecule has 1 amide bonds. The lowest BCUT2D eigenvalue weighted by molar-refractivity contribution is -0.130. The average molecular weight is 440 g/mol. The van der Waals surface area contributed by atoms with Gasteiger partial charge in [0.25, 0.3) is 0 Å². The van der Waals surface area contributed by atoms with E-state index < -0.39 is 6.10 Å². The average Bonchev–Trinajstić information content (AvgIpc) is 3.15. The minimum absolute atomic E-state index is 0.108. The molecule has 0 unspecified atom stereocenters. The molecule has 1 fully saturated rings. The van der Waals surface area contributed by atoms with Crippen molar-refractivity contribution in [3.05, 3.63) is 48.0 Å². The minimum atomic E-state index is -0.572. The normalized spacial score (nSPS) is 18.1. The molecule has 168 valence electrons. The topological polar surface area (TPSA) is 96.8 Å². The van der Waals surface area contributed by atoms with Gasteiger partial charge in [-0.2, -0.15) is 0 Å². The molecule has 0 radical (unpaired) electrons. The van der Waals surface area contributed by atoms with Crippen molar-refractivity contribution in [1.29, 1.82) is 0 Å². The summed E-state index contributed by atoms with van der Waals surface area (Å²) in [5.74, 6) is 1.14. The molecule has 32 heavy (non-hydrogen) atoms. The van der Waals surface area contributed by atoms with Gasteiger partial charge in [0.05, 0.1) is 30.2 Å². The minimum Gasteiger partial charge on any atom is -0.497 e. The Hall–Kier alpha value is -3.46. The summed E-state index contributed by atoms with van der Waals surface area (Å²) in [5.41, 5.74) is 1.79. The molecule has 1 aromatic heterocycles. The van der Waals surface area contributed by atoms with Crippen LogP contribution < -0.4 is 14.8 Å². The number of amides is 1. The fourth-order valence-corrected chi connectivity index (χ4v) is 3.94. The van der Waals surface area contributed by atoms with Crippen LogP contribution in [0.15, 0.2) is 36.7 Å². The Bertz CT molecular complexity index is 1160. The Balaban J connectivity index is 1.69. The molecule has 9 heteroatoms. The van der Waals surface area contributed by atoms with Crippen molar-refractivity contribution in [3.63, 3.8) is 0 Å². The number of aliphatic hydroxyl groups excluding tert-OH is 1. The Morgan fingerprint density at radius 1 is 1.31 bits per heavy atom. The quantitative estimate of drug-likeness (QED) is 0.608. The molecule has 1 aliphatic heterocycles. The Kier molecular flexibility index (Phi) is 6.09. The smallest absolute Gasteiger partial charge is 0.219 e. The number of halogens is 1. The van der Waals surface area contributed by atoms with Crippen LogP contribution in [0.4, 0.5) is 15.9 Å². The molecule has 0 aliphatic carbocycles. The van der Waals surface area contributed by atoms with Crippen LogP contribution in [0.5, 0.6) is 11.5 Å². The monoisotopic (exact) mass is 440 g/mol. The van der Waals surface area contributed by atoms with Crippen LogP contribution in [0.25, 0.3) is 10.9 Å². The molecular weight excluding hydrogens is 415 g/mol. The zero-order valence-electron chi connectivity index (χ0n) is 18.1. The lowest BCUT2D eigenvalue weighted by Crippen LogP contribution is -2.37. The highest BCUT2D eigenvalue weighted by atomic mass is 19.1. The van der Waals surface area contributed by atoms with Gasteiger partial charge >= 0.3 is 0 Å². The first-order valence-corrected chi connectivity index (χ1v) is 10.3. The highest BCUT2D eigenvalue weighted by Crippen LogP contribution is 2.36. The Morgan fingerprint density at radius 2 is 2.12 bits per heavy atom. The van der Waals surface area contributed by atoms with Crippen molar-refractivity contribution in [3.8, 4) is 11.5 Å². The predicted octanol–water partition coefficient (Wildman–Crippen LogP) is 3.19. The standard InChI is InChI=1S/C23H25FN4O4/c1-13-6-15(4-5-19(13)24)27-23-22-20(25-12-26-23)8-18(31-3)9-21(22)32-11-16-7-17(30)10-28(16)14(2)29/h4-6,8-9,12,16-17,30H,7,10-11H2,1-3H3,(H,25,26,27)/t16-,17+/m0/s1. The number of aryl methyl sites for hydroxylation is 1. The maximum absolute atomic E-state index is 13.7. The van der Waals surface area contributed by atoms with Crippen molar-refractivity contribution < 1.29 is 23.8 Å². The number of aliphatic hydroxyl groups is 1. The number of β-amino-alcohol motifs (C(OH)–C–C–N with tert-alkyl or cyclic N) is 1. The summed E-state index contributed by atoms with van der Waals surface area (Å²) < 4.78 is 25.2. The first-order chi connectivity index (χ1) is 15.4. The molecule has 2 N–H and O–H groups in total. The third kappa shape index (κ3) is 4.43. The van der Waals surface area contributed by atoms with Crippen LogP contribution in [0.2, 0.25) is 0 Å². The summed E-state index contributed by atoms with van der Waals surface area (Å²) in [6.07, 6.45) is 1.30. The zero-order valence-corrected chi connectivity index (χ0v) is 18.1. The van der Waals surface area contributed by atoms with Gasteiger partial charge in [0, 0.05) is 31.3 Å². The largest absolute Gasteiger partial charge is 0.497 e. The van der Waals surface area contributed by atoms with Crippen LogP contribution in [0.3, 0.4) is 0 Å². The van der Waals surface area contributed by atoms with E-state index >= 15 is 0 Å². The SMILES string of the molecule is COc1cc(OC[C@@H]2C[C@@H](O)CN2C(C)=O)c2c(Nc3ccc(F)c(C)c3)ncnc2c1. The summed E-state index contributed by atoms with van der Waals surface area (Å²) in [5, 5.41) is 13.8. The van der Waals surface area contributed by atoms with Crippen molar-refractivity contribution >= 4 is 28.3 Å². The maximum Gasteiger partial charge on any atom is 0.219 e. The first-order valence-electron chi connectivity index (χ1n) is 10.3. The highest BCUT2D eigenvalue weighted by molar-refractivity contribution is 5.96. The molecule has 2 heterocycles. The molecule has 1 aliphatic rings. The number of rotatable bonds is 6. The number of hydrogen-bond acceptors (Lipinski definition) is 7. The summed E-state index contributed by atoms with van der Waals surface area (Å²) in [6.45, 7) is 3.66. The molecule has 0 spiro atoms. The number of likely N-dealkylation sites (tertiary alicyclic amines) is 1. The molecule has 4 rings (SSSR count). The number of methoxy groups -OCH3 is 1. The molecular formula is C23H25FN4O4. The Morgan fingerprint density at radius 3 is 2.84 bits per heavy atom. The maximum atomic E-state index is 13.7. The number of aromatic nitrogens is 2. The van der Waals surface area contributed by atoms with E-state index in [1.165, 1.54) is 19.3 Å². The number of anilines is 2. The second kappa shape index (κ2) is 8.96. The lowest BCUT2D eigenvalue weighted by atomic mass is 10.1. The molecule has 8 nitrogen and oxygen atoms in total. The molecule has 2 atom stereocenters. The van der Waals surface area contributed by atoms with E-state index in [4.69, 9.17) is 9.47 Å². The van der Waals surface area contributed by atoms with Gasteiger partial charge in [0.2, 0.25) is 5.91 Å². The van der Waals surface area contributed by atoms with E-state index in [2.05, 4.69) is 15.3 Å². The summed E-state index contributed by atoms with van der Waals surface area (Å²) in [4.78, 5) is 22.2. The third-order valence-corrected chi connectivity index (χ3v) is 5.56. The molecule has 2 aromatic carbocycles. The number of hydrogen-bond donors (Lipinski definition) is 2.